The Morgan fingerprint density at radius 1 is 1.53 bits per heavy atom. The van der Waals surface area contributed by atoms with Gasteiger partial charge in [-0.15, -0.1) is 0 Å². The molecule has 0 bridgehead atoms. The van der Waals surface area contributed by atoms with Gasteiger partial charge in [-0.25, -0.2) is 9.18 Å². The number of carbonyl (C=O) groups excluding carboxylic acids is 1. The fraction of sp³-hybridized carbons (Fsp3) is 0.500. The lowest BCUT2D eigenvalue weighted by molar-refractivity contribution is 0.0602. The second-order valence-corrected chi connectivity index (χ2v) is 5.02. The molecule has 1 aromatic carbocycles. The summed E-state index contributed by atoms with van der Waals surface area (Å²) in [6.45, 7) is 2.07. The first-order valence-electron chi connectivity index (χ1n) is 6.47. The van der Waals surface area contributed by atoms with Gasteiger partial charge in [0.1, 0.15) is 5.82 Å². The highest BCUT2D eigenvalue weighted by molar-refractivity contribution is 5.96. The van der Waals surface area contributed by atoms with Crippen LogP contribution in [0.5, 0.6) is 0 Å². The van der Waals surface area contributed by atoms with Crippen LogP contribution in [-0.4, -0.2) is 18.6 Å². The summed E-state index contributed by atoms with van der Waals surface area (Å²) in [4.78, 5) is 11.6. The fourth-order valence-corrected chi connectivity index (χ4v) is 2.43. The van der Waals surface area contributed by atoms with E-state index in [1.807, 2.05) is 0 Å². The van der Waals surface area contributed by atoms with Gasteiger partial charge in [-0.1, -0.05) is 6.92 Å². The fourth-order valence-electron chi connectivity index (χ4n) is 2.43. The van der Waals surface area contributed by atoms with Gasteiger partial charge in [0, 0.05) is 11.2 Å². The molecule has 1 saturated carbocycles. The zero-order valence-electron chi connectivity index (χ0n) is 11.3. The molecule has 1 aliphatic rings. The summed E-state index contributed by atoms with van der Waals surface area (Å²) >= 11 is 0. The molecule has 0 aromatic heterocycles. The Labute approximate surface area is 112 Å². The van der Waals surface area contributed by atoms with Crippen molar-refractivity contribution in [2.45, 2.75) is 38.1 Å². The number of rotatable bonds is 4. The molecule has 0 heterocycles. The van der Waals surface area contributed by atoms with Gasteiger partial charge in [0.2, 0.25) is 0 Å². The van der Waals surface area contributed by atoms with Crippen molar-refractivity contribution >= 4 is 17.3 Å². The van der Waals surface area contributed by atoms with Crippen molar-refractivity contribution in [1.82, 2.24) is 0 Å². The Morgan fingerprint density at radius 2 is 2.21 bits per heavy atom. The zero-order valence-corrected chi connectivity index (χ0v) is 11.3. The Bertz CT molecular complexity index is 493. The third-order valence-electron chi connectivity index (χ3n) is 3.93. The smallest absolute Gasteiger partial charge is 0.340 e. The van der Waals surface area contributed by atoms with Gasteiger partial charge in [-0.3, -0.25) is 0 Å². The summed E-state index contributed by atoms with van der Waals surface area (Å²) in [7, 11) is 1.28. The summed E-state index contributed by atoms with van der Waals surface area (Å²) in [5.41, 5.74) is 6.19. The van der Waals surface area contributed by atoms with E-state index in [4.69, 9.17) is 5.73 Å². The van der Waals surface area contributed by atoms with Crippen LogP contribution in [0.25, 0.3) is 0 Å². The quantitative estimate of drug-likeness (QED) is 0.649. The second-order valence-electron chi connectivity index (χ2n) is 5.02. The highest BCUT2D eigenvalue weighted by atomic mass is 19.1. The Kier molecular flexibility index (Phi) is 3.64. The number of halogens is 1. The first kappa shape index (κ1) is 13.6. The Balaban J connectivity index is 2.32. The van der Waals surface area contributed by atoms with Crippen molar-refractivity contribution in [3.63, 3.8) is 0 Å². The van der Waals surface area contributed by atoms with Crippen LogP contribution >= 0.6 is 0 Å². The van der Waals surface area contributed by atoms with E-state index in [1.165, 1.54) is 13.2 Å². The average Bonchev–Trinajstić information content (AvgIpc) is 2.35. The number of nitrogens with two attached hydrogens (primary N) is 1. The van der Waals surface area contributed by atoms with Crippen LogP contribution in [0.4, 0.5) is 15.8 Å². The van der Waals surface area contributed by atoms with Crippen molar-refractivity contribution in [3.8, 4) is 0 Å². The first-order valence-corrected chi connectivity index (χ1v) is 6.47. The van der Waals surface area contributed by atoms with Crippen molar-refractivity contribution in [3.05, 3.63) is 23.5 Å². The molecule has 0 atom stereocenters. The van der Waals surface area contributed by atoms with Gasteiger partial charge in [0.05, 0.1) is 18.4 Å². The summed E-state index contributed by atoms with van der Waals surface area (Å²) in [5.74, 6) is -0.996. The number of methoxy groups -OCH3 is 1. The minimum Gasteiger partial charge on any atom is -0.465 e. The molecule has 4 nitrogen and oxygen atoms in total. The van der Waals surface area contributed by atoms with Crippen LogP contribution in [0.1, 0.15) is 43.0 Å². The van der Waals surface area contributed by atoms with Gasteiger partial charge in [0.25, 0.3) is 0 Å². The molecule has 0 spiro atoms. The zero-order chi connectivity index (χ0) is 14.0. The van der Waals surface area contributed by atoms with Gasteiger partial charge in [0.15, 0.2) is 0 Å². The molecule has 19 heavy (non-hydrogen) atoms. The molecule has 0 unspecified atom stereocenters. The van der Waals surface area contributed by atoms with E-state index in [0.717, 1.165) is 31.7 Å². The van der Waals surface area contributed by atoms with Crippen LogP contribution in [0, 0.1) is 5.82 Å². The number of esters is 1. The molecule has 0 saturated heterocycles. The van der Waals surface area contributed by atoms with E-state index in [1.54, 1.807) is 0 Å². The van der Waals surface area contributed by atoms with Crippen LogP contribution < -0.4 is 11.1 Å². The molecule has 104 valence electrons. The third-order valence-corrected chi connectivity index (χ3v) is 3.93. The number of anilines is 2. The molecule has 1 fully saturated rings. The maximum absolute atomic E-state index is 13.9. The minimum absolute atomic E-state index is 0.0512. The predicted molar refractivity (Wildman–Crippen MR) is 72.6 cm³/mol. The summed E-state index contributed by atoms with van der Waals surface area (Å²) in [5, 5.41) is 3.22. The number of hydrogen-bond donors (Lipinski definition) is 2. The third kappa shape index (κ3) is 2.50. The lowest BCUT2D eigenvalue weighted by Gasteiger charge is -2.43. The van der Waals surface area contributed by atoms with E-state index >= 15 is 0 Å². The van der Waals surface area contributed by atoms with E-state index < -0.39 is 11.8 Å². The normalized spacial score (nSPS) is 16.6. The molecule has 3 N–H and O–H groups in total. The number of ether oxygens (including phenoxy) is 1. The number of benzene rings is 1. The number of carbonyl (C=O) groups is 1. The number of hydrogen-bond acceptors (Lipinski definition) is 4. The lowest BCUT2D eigenvalue weighted by Crippen LogP contribution is -2.44. The topological polar surface area (TPSA) is 64.3 Å². The number of nitrogen functional groups attached to an aromatic ring is 1. The predicted octanol–water partition coefficient (Wildman–Crippen LogP) is 2.94. The van der Waals surface area contributed by atoms with Crippen LogP contribution in [0.3, 0.4) is 0 Å². The monoisotopic (exact) mass is 266 g/mol. The van der Waals surface area contributed by atoms with Crippen molar-refractivity contribution < 1.29 is 13.9 Å². The molecule has 0 aliphatic heterocycles. The Hall–Kier alpha value is -1.78. The highest BCUT2D eigenvalue weighted by Gasteiger charge is 2.35. The summed E-state index contributed by atoms with van der Waals surface area (Å²) in [6.07, 6.45) is 4.09. The molecule has 0 radical (unpaired) electrons. The van der Waals surface area contributed by atoms with Crippen molar-refractivity contribution in [2.75, 3.05) is 18.2 Å². The highest BCUT2D eigenvalue weighted by Crippen LogP contribution is 2.39. The molecule has 1 aromatic rings. The molecule has 1 aliphatic carbocycles. The largest absolute Gasteiger partial charge is 0.465 e. The summed E-state index contributed by atoms with van der Waals surface area (Å²) < 4.78 is 18.6. The van der Waals surface area contributed by atoms with E-state index in [-0.39, 0.29) is 16.8 Å². The van der Waals surface area contributed by atoms with Gasteiger partial charge in [-0.2, -0.15) is 0 Å². The number of nitrogens with one attached hydrogen (secondary N) is 1. The molecular weight excluding hydrogens is 247 g/mol. The molecule has 0 amide bonds. The standard InChI is InChI=1S/C14H19FN2O2/c1-3-14(5-4-6-14)17-12-7-9(13(18)19-2)11(16)8-10(12)15/h7-8,17H,3-6,16H2,1-2H3. The van der Waals surface area contributed by atoms with Crippen molar-refractivity contribution in [1.29, 1.82) is 0 Å². The lowest BCUT2D eigenvalue weighted by atomic mass is 9.74. The van der Waals surface area contributed by atoms with Crippen molar-refractivity contribution in [2.24, 2.45) is 0 Å². The van der Waals surface area contributed by atoms with Crippen LogP contribution in [0.2, 0.25) is 0 Å². The molecule has 5 heteroatoms. The molecule has 2 rings (SSSR count). The first-order chi connectivity index (χ1) is 9.01. The molecular formula is C14H19FN2O2. The minimum atomic E-state index is -0.556. The maximum Gasteiger partial charge on any atom is 0.340 e. The van der Waals surface area contributed by atoms with E-state index in [2.05, 4.69) is 17.0 Å². The van der Waals surface area contributed by atoms with E-state index in [0.29, 0.717) is 5.69 Å². The van der Waals surface area contributed by atoms with Crippen LogP contribution in [0.15, 0.2) is 12.1 Å². The van der Waals surface area contributed by atoms with Gasteiger partial charge >= 0.3 is 5.97 Å². The van der Waals surface area contributed by atoms with Gasteiger partial charge < -0.3 is 15.8 Å². The summed E-state index contributed by atoms with van der Waals surface area (Å²) in [6, 6.07) is 2.60. The van der Waals surface area contributed by atoms with Crippen LogP contribution in [-0.2, 0) is 4.74 Å². The second kappa shape index (κ2) is 5.07. The average molecular weight is 266 g/mol. The SMILES string of the molecule is CCC1(Nc2cc(C(=O)OC)c(N)cc2F)CCC1. The maximum atomic E-state index is 13.9. The Morgan fingerprint density at radius 3 is 2.68 bits per heavy atom. The van der Waals surface area contributed by atoms with E-state index in [9.17, 15) is 9.18 Å². The van der Waals surface area contributed by atoms with Gasteiger partial charge in [-0.05, 0) is 37.8 Å².